The Morgan fingerprint density at radius 3 is 2.71 bits per heavy atom. The molecule has 0 saturated carbocycles. The van der Waals surface area contributed by atoms with Crippen molar-refractivity contribution in [2.45, 2.75) is 31.5 Å². The average Bonchev–Trinajstić information content (AvgIpc) is 3.29. The predicted octanol–water partition coefficient (Wildman–Crippen LogP) is -0.297. The molecule has 4 atom stereocenters. The summed E-state index contributed by atoms with van der Waals surface area (Å²) < 4.78 is 20.0. The van der Waals surface area contributed by atoms with Gasteiger partial charge in [0.2, 0.25) is 5.82 Å². The summed E-state index contributed by atoms with van der Waals surface area (Å²) in [4.78, 5) is 24.7. The van der Waals surface area contributed by atoms with Crippen LogP contribution in [0.1, 0.15) is 24.5 Å². The molecule has 1 fully saturated rings. The highest BCUT2D eigenvalue weighted by Gasteiger charge is 2.47. The van der Waals surface area contributed by atoms with Crippen molar-refractivity contribution in [1.82, 2.24) is 24.8 Å². The minimum Gasteiger partial charge on any atom is -0.387 e. The van der Waals surface area contributed by atoms with Crippen molar-refractivity contribution in [3.63, 3.8) is 0 Å². The summed E-state index contributed by atoms with van der Waals surface area (Å²) in [6.07, 6.45) is -3.90. The van der Waals surface area contributed by atoms with E-state index in [0.29, 0.717) is 12.1 Å². The fourth-order valence-electron chi connectivity index (χ4n) is 3.22. The molecule has 2 aromatic heterocycles. The van der Waals surface area contributed by atoms with Crippen molar-refractivity contribution >= 4 is 22.9 Å². The molecular weight excluding hydrogens is 407 g/mol. The van der Waals surface area contributed by atoms with Gasteiger partial charge in [-0.1, -0.05) is 5.92 Å². The van der Waals surface area contributed by atoms with Crippen LogP contribution in [0.5, 0.6) is 0 Å². The molecule has 3 aromatic rings. The number of rotatable bonds is 3. The summed E-state index contributed by atoms with van der Waals surface area (Å²) in [5.41, 5.74) is 6.99. The van der Waals surface area contributed by atoms with E-state index < -0.39 is 30.4 Å². The molecule has 0 bridgehead atoms. The van der Waals surface area contributed by atoms with E-state index in [1.807, 2.05) is 0 Å². The van der Waals surface area contributed by atoms with Crippen LogP contribution in [-0.2, 0) is 9.53 Å². The first kappa shape index (κ1) is 20.7. The zero-order valence-corrected chi connectivity index (χ0v) is 16.4. The molecule has 1 aliphatic rings. The number of nitrogen functional groups attached to an aromatic ring is 1. The Morgan fingerprint density at radius 2 is 2.00 bits per heavy atom. The number of aliphatic hydroxyl groups is 2. The van der Waals surface area contributed by atoms with Crippen molar-refractivity contribution in [1.29, 1.82) is 0 Å². The van der Waals surface area contributed by atoms with Gasteiger partial charge in [0.15, 0.2) is 23.8 Å². The van der Waals surface area contributed by atoms with E-state index in [1.54, 1.807) is 6.92 Å². The van der Waals surface area contributed by atoms with Gasteiger partial charge in [-0.05, 0) is 37.1 Å². The maximum Gasteiger partial charge on any atom is 0.252 e. The van der Waals surface area contributed by atoms with Crippen LogP contribution in [0.4, 0.5) is 10.2 Å². The Hall–Kier alpha value is -3.59. The number of nitrogens with zero attached hydrogens (tertiary/aromatic N) is 4. The van der Waals surface area contributed by atoms with Gasteiger partial charge in [-0.3, -0.25) is 9.36 Å². The van der Waals surface area contributed by atoms with Crippen LogP contribution in [0.2, 0.25) is 0 Å². The number of likely N-dealkylation sites (N-methyl/N-ethyl adjacent to an activating group) is 1. The molecule has 0 radical (unpaired) electrons. The fraction of sp³-hybridized carbons (Fsp3) is 0.300. The van der Waals surface area contributed by atoms with Crippen molar-refractivity contribution in [3.8, 4) is 11.8 Å². The first-order chi connectivity index (χ1) is 14.9. The number of carbonyl (C=O) groups excluding carboxylic acids is 1. The van der Waals surface area contributed by atoms with Crippen molar-refractivity contribution < 1.29 is 24.1 Å². The largest absolute Gasteiger partial charge is 0.387 e. The number of benzene rings is 1. The van der Waals surface area contributed by atoms with Gasteiger partial charge in [-0.15, -0.1) is 0 Å². The maximum atomic E-state index is 13.0. The Labute approximate surface area is 175 Å². The summed E-state index contributed by atoms with van der Waals surface area (Å²) in [5.74, 6) is 4.78. The quantitative estimate of drug-likeness (QED) is 0.417. The smallest absolute Gasteiger partial charge is 0.252 e. The highest BCUT2D eigenvalue weighted by molar-refractivity contribution is 5.83. The summed E-state index contributed by atoms with van der Waals surface area (Å²) >= 11 is 0. The van der Waals surface area contributed by atoms with E-state index in [2.05, 4.69) is 32.1 Å². The van der Waals surface area contributed by atoms with Crippen LogP contribution in [0, 0.1) is 17.7 Å². The average molecular weight is 426 g/mol. The molecule has 31 heavy (non-hydrogen) atoms. The SMILES string of the molecule is CCNC(=O)[C@H]1O[C@@H](n2cnc3c(N)nc(C#Cc4ccc(F)cc4)nc32)[C@H](O)[C@@H]1O. The minimum absolute atomic E-state index is 0.0560. The van der Waals surface area contributed by atoms with E-state index in [9.17, 15) is 19.4 Å². The third-order valence-corrected chi connectivity index (χ3v) is 4.73. The molecular formula is C20H19FN6O4. The fourth-order valence-corrected chi connectivity index (χ4v) is 3.22. The molecule has 0 spiro atoms. The highest BCUT2D eigenvalue weighted by atomic mass is 19.1. The number of amides is 1. The van der Waals surface area contributed by atoms with Crippen LogP contribution in [0.3, 0.4) is 0 Å². The van der Waals surface area contributed by atoms with Gasteiger partial charge < -0.3 is 26.0 Å². The van der Waals surface area contributed by atoms with E-state index in [4.69, 9.17) is 10.5 Å². The third-order valence-electron chi connectivity index (χ3n) is 4.73. The minimum atomic E-state index is -1.44. The number of anilines is 1. The molecule has 11 heteroatoms. The summed E-state index contributed by atoms with van der Waals surface area (Å²) in [5, 5.41) is 23.3. The first-order valence-electron chi connectivity index (χ1n) is 9.46. The number of nitrogens with one attached hydrogen (secondary N) is 1. The Kier molecular flexibility index (Phi) is 5.51. The molecule has 3 heterocycles. The van der Waals surface area contributed by atoms with Crippen LogP contribution < -0.4 is 11.1 Å². The lowest BCUT2D eigenvalue weighted by Gasteiger charge is -2.16. The Morgan fingerprint density at radius 1 is 1.26 bits per heavy atom. The number of imidazole rings is 1. The maximum absolute atomic E-state index is 13.0. The molecule has 1 amide bonds. The molecule has 5 N–H and O–H groups in total. The number of aliphatic hydroxyl groups excluding tert-OH is 2. The number of halogens is 1. The molecule has 0 unspecified atom stereocenters. The topological polar surface area (TPSA) is 148 Å². The zero-order chi connectivity index (χ0) is 22.1. The molecule has 10 nitrogen and oxygen atoms in total. The second kappa shape index (κ2) is 8.27. The molecule has 4 rings (SSSR count). The van der Waals surface area contributed by atoms with Gasteiger partial charge in [-0.2, -0.15) is 0 Å². The first-order valence-corrected chi connectivity index (χ1v) is 9.46. The second-order valence-corrected chi connectivity index (χ2v) is 6.84. The summed E-state index contributed by atoms with van der Waals surface area (Å²) in [6, 6.07) is 5.60. The van der Waals surface area contributed by atoms with E-state index in [-0.39, 0.29) is 28.6 Å². The summed E-state index contributed by atoms with van der Waals surface area (Å²) in [7, 11) is 0. The van der Waals surface area contributed by atoms with E-state index in [1.165, 1.54) is 35.2 Å². The van der Waals surface area contributed by atoms with E-state index >= 15 is 0 Å². The summed E-state index contributed by atoms with van der Waals surface area (Å²) in [6.45, 7) is 2.07. The molecule has 1 aromatic carbocycles. The number of fused-ring (bicyclic) bond motifs is 1. The van der Waals surface area contributed by atoms with Crippen molar-refractivity contribution in [3.05, 3.63) is 47.8 Å². The van der Waals surface area contributed by atoms with Gasteiger partial charge in [0.1, 0.15) is 23.5 Å². The molecule has 160 valence electrons. The van der Waals surface area contributed by atoms with Crippen molar-refractivity contribution in [2.75, 3.05) is 12.3 Å². The van der Waals surface area contributed by atoms with Crippen LogP contribution >= 0.6 is 0 Å². The van der Waals surface area contributed by atoms with Gasteiger partial charge >= 0.3 is 0 Å². The number of carbonyl (C=O) groups is 1. The zero-order valence-electron chi connectivity index (χ0n) is 16.4. The lowest BCUT2D eigenvalue weighted by molar-refractivity contribution is -0.137. The van der Waals surface area contributed by atoms with Crippen LogP contribution in [-0.4, -0.2) is 60.5 Å². The van der Waals surface area contributed by atoms with Crippen molar-refractivity contribution in [2.24, 2.45) is 0 Å². The van der Waals surface area contributed by atoms with Crippen LogP contribution in [0.25, 0.3) is 11.2 Å². The molecule has 0 aliphatic carbocycles. The van der Waals surface area contributed by atoms with Crippen LogP contribution in [0.15, 0.2) is 30.6 Å². The Balaban J connectivity index is 1.68. The molecule has 1 saturated heterocycles. The lowest BCUT2D eigenvalue weighted by atomic mass is 10.1. The predicted molar refractivity (Wildman–Crippen MR) is 107 cm³/mol. The van der Waals surface area contributed by atoms with Gasteiger partial charge in [0.05, 0.1) is 6.33 Å². The standard InChI is InChI=1S/C20H19FN6O4/c1-2-23-19(30)16-14(28)15(29)20(31-16)27-9-24-13-17(22)25-12(26-18(13)27)8-5-10-3-6-11(21)7-4-10/h3-4,6-7,9,14-16,20,28-29H,2H2,1H3,(H,23,30)(H2,22,25,26)/t14-,15+,16-,20+/m0/s1. The third kappa shape index (κ3) is 3.91. The second-order valence-electron chi connectivity index (χ2n) is 6.84. The van der Waals surface area contributed by atoms with E-state index in [0.717, 1.165) is 0 Å². The van der Waals surface area contributed by atoms with Gasteiger partial charge in [-0.25, -0.2) is 19.3 Å². The monoisotopic (exact) mass is 426 g/mol. The number of nitrogens with two attached hydrogens (primary N) is 1. The number of hydrogen-bond donors (Lipinski definition) is 4. The molecule has 1 aliphatic heterocycles. The number of ether oxygens (including phenoxy) is 1. The Bertz CT molecular complexity index is 1190. The van der Waals surface area contributed by atoms with Gasteiger partial charge in [0.25, 0.3) is 5.91 Å². The number of hydrogen-bond acceptors (Lipinski definition) is 8. The highest BCUT2D eigenvalue weighted by Crippen LogP contribution is 2.32. The number of aromatic nitrogens is 4. The van der Waals surface area contributed by atoms with Gasteiger partial charge in [0, 0.05) is 12.1 Å². The normalized spacial score (nSPS) is 22.8. The lowest BCUT2D eigenvalue weighted by Crippen LogP contribution is -2.42.